The lowest BCUT2D eigenvalue weighted by Crippen LogP contribution is -2.21. The van der Waals surface area contributed by atoms with Crippen molar-refractivity contribution < 1.29 is 9.90 Å². The van der Waals surface area contributed by atoms with E-state index >= 15 is 0 Å². The summed E-state index contributed by atoms with van der Waals surface area (Å²) in [7, 11) is 0. The van der Waals surface area contributed by atoms with Crippen LogP contribution in [0.3, 0.4) is 0 Å². The van der Waals surface area contributed by atoms with Crippen LogP contribution < -0.4 is 10.6 Å². The van der Waals surface area contributed by atoms with Crippen molar-refractivity contribution >= 4 is 6.03 Å². The number of carbonyl (C=O) groups excluding carboxylic acids is 1. The van der Waals surface area contributed by atoms with Crippen LogP contribution >= 0.6 is 0 Å². The number of rotatable bonds is 1. The maximum atomic E-state index is 10.8. The molecule has 1 saturated heterocycles. The summed E-state index contributed by atoms with van der Waals surface area (Å²) in [6.07, 6.45) is 0. The third kappa shape index (κ3) is 1.56. The fourth-order valence-electron chi connectivity index (χ4n) is 1.40. The summed E-state index contributed by atoms with van der Waals surface area (Å²) in [5.74, 6) is 0.221. The normalized spacial score (nSPS) is 20.9. The van der Waals surface area contributed by atoms with Gasteiger partial charge in [0.1, 0.15) is 5.75 Å². The van der Waals surface area contributed by atoms with Gasteiger partial charge in [0.25, 0.3) is 0 Å². The van der Waals surface area contributed by atoms with Gasteiger partial charge in [-0.25, -0.2) is 4.79 Å². The molecule has 4 heteroatoms. The molecule has 0 aromatic heterocycles. The van der Waals surface area contributed by atoms with Gasteiger partial charge in [-0.15, -0.1) is 0 Å². The molecule has 1 aromatic carbocycles. The van der Waals surface area contributed by atoms with E-state index in [1.165, 1.54) is 0 Å². The molecule has 0 unspecified atom stereocenters. The van der Waals surface area contributed by atoms with Gasteiger partial charge in [-0.05, 0) is 17.7 Å². The minimum atomic E-state index is -0.159. The number of benzene rings is 1. The molecule has 1 fully saturated rings. The number of hydrogen-bond acceptors (Lipinski definition) is 2. The Labute approximate surface area is 75.6 Å². The summed E-state index contributed by atoms with van der Waals surface area (Å²) in [5.41, 5.74) is 0.915. The number of nitrogens with one attached hydrogen (secondary N) is 2. The highest BCUT2D eigenvalue weighted by Gasteiger charge is 2.21. The van der Waals surface area contributed by atoms with Gasteiger partial charge >= 0.3 is 6.03 Å². The third-order valence-corrected chi connectivity index (χ3v) is 2.04. The molecule has 0 aliphatic carbocycles. The molecule has 1 heterocycles. The van der Waals surface area contributed by atoms with Gasteiger partial charge in [-0.1, -0.05) is 12.1 Å². The maximum absolute atomic E-state index is 10.8. The van der Waals surface area contributed by atoms with Crippen molar-refractivity contribution in [2.24, 2.45) is 0 Å². The van der Waals surface area contributed by atoms with Crippen LogP contribution in [0.5, 0.6) is 5.75 Å². The van der Waals surface area contributed by atoms with E-state index in [1.807, 2.05) is 6.07 Å². The fourth-order valence-corrected chi connectivity index (χ4v) is 1.40. The van der Waals surface area contributed by atoms with Crippen molar-refractivity contribution in [2.45, 2.75) is 6.04 Å². The van der Waals surface area contributed by atoms with Crippen LogP contribution in [0.2, 0.25) is 0 Å². The van der Waals surface area contributed by atoms with Crippen LogP contribution in [0.15, 0.2) is 24.3 Å². The van der Waals surface area contributed by atoms with E-state index in [0.717, 1.165) is 5.56 Å². The molecule has 0 spiro atoms. The van der Waals surface area contributed by atoms with Crippen molar-refractivity contribution in [1.29, 1.82) is 0 Å². The second kappa shape index (κ2) is 2.97. The van der Waals surface area contributed by atoms with Crippen LogP contribution in [0.1, 0.15) is 11.6 Å². The number of phenols is 1. The summed E-state index contributed by atoms with van der Waals surface area (Å²) in [6, 6.07) is 6.70. The van der Waals surface area contributed by atoms with Crippen LogP contribution in [0.4, 0.5) is 4.79 Å². The SMILES string of the molecule is O=C1NC[C@H](c2cccc(O)c2)N1. The zero-order chi connectivity index (χ0) is 9.26. The van der Waals surface area contributed by atoms with E-state index < -0.39 is 0 Å². The minimum absolute atomic E-state index is 0.0281. The van der Waals surface area contributed by atoms with Crippen molar-refractivity contribution in [2.75, 3.05) is 6.54 Å². The molecule has 1 aliphatic heterocycles. The zero-order valence-corrected chi connectivity index (χ0v) is 6.95. The molecule has 13 heavy (non-hydrogen) atoms. The van der Waals surface area contributed by atoms with Crippen LogP contribution in [-0.4, -0.2) is 17.7 Å². The highest BCUT2D eigenvalue weighted by atomic mass is 16.3. The van der Waals surface area contributed by atoms with E-state index in [9.17, 15) is 9.90 Å². The summed E-state index contributed by atoms with van der Waals surface area (Å²) >= 11 is 0. The van der Waals surface area contributed by atoms with E-state index in [0.29, 0.717) is 6.54 Å². The Kier molecular flexibility index (Phi) is 1.81. The summed E-state index contributed by atoms with van der Waals surface area (Å²) in [4.78, 5) is 10.8. The number of aromatic hydroxyl groups is 1. The standard InChI is InChI=1S/C9H10N2O2/c12-7-3-1-2-6(4-7)8-5-10-9(13)11-8/h1-4,8,12H,5H2,(H2,10,11,13)/t8-/m1/s1. The zero-order valence-electron chi connectivity index (χ0n) is 6.95. The molecule has 3 N–H and O–H groups in total. The Morgan fingerprint density at radius 2 is 2.31 bits per heavy atom. The minimum Gasteiger partial charge on any atom is -0.508 e. The monoisotopic (exact) mass is 178 g/mol. The summed E-state index contributed by atoms with van der Waals surface area (Å²) < 4.78 is 0. The van der Waals surface area contributed by atoms with E-state index in [1.54, 1.807) is 18.2 Å². The average Bonchev–Trinajstić information content (AvgIpc) is 2.52. The Morgan fingerprint density at radius 1 is 1.46 bits per heavy atom. The third-order valence-electron chi connectivity index (χ3n) is 2.04. The number of phenolic OH excluding ortho intramolecular Hbond substituents is 1. The maximum Gasteiger partial charge on any atom is 0.315 e. The molecule has 0 radical (unpaired) electrons. The van der Waals surface area contributed by atoms with E-state index in [-0.39, 0.29) is 17.8 Å². The quantitative estimate of drug-likeness (QED) is 0.594. The van der Waals surface area contributed by atoms with Gasteiger partial charge in [-0.3, -0.25) is 0 Å². The molecule has 4 nitrogen and oxygen atoms in total. The number of urea groups is 1. The molecule has 2 amide bonds. The van der Waals surface area contributed by atoms with Gasteiger partial charge in [-0.2, -0.15) is 0 Å². The molecule has 0 saturated carbocycles. The van der Waals surface area contributed by atoms with Crippen molar-refractivity contribution in [3.8, 4) is 5.75 Å². The van der Waals surface area contributed by atoms with Crippen LogP contribution in [0.25, 0.3) is 0 Å². The first-order chi connectivity index (χ1) is 6.25. The lowest BCUT2D eigenvalue weighted by Gasteiger charge is -2.08. The van der Waals surface area contributed by atoms with E-state index in [2.05, 4.69) is 10.6 Å². The molecule has 1 aliphatic rings. The Hall–Kier alpha value is -1.71. The number of amides is 2. The highest BCUT2D eigenvalue weighted by molar-refractivity contribution is 5.76. The lowest BCUT2D eigenvalue weighted by molar-refractivity contribution is 0.247. The molecule has 68 valence electrons. The highest BCUT2D eigenvalue weighted by Crippen LogP contribution is 2.19. The van der Waals surface area contributed by atoms with Gasteiger partial charge in [0, 0.05) is 6.54 Å². The predicted molar refractivity (Wildman–Crippen MR) is 47.4 cm³/mol. The van der Waals surface area contributed by atoms with E-state index in [4.69, 9.17) is 0 Å². The topological polar surface area (TPSA) is 61.4 Å². The fraction of sp³-hybridized carbons (Fsp3) is 0.222. The molecular formula is C9H10N2O2. The van der Waals surface area contributed by atoms with Gasteiger partial charge in [0.2, 0.25) is 0 Å². The first-order valence-electron chi connectivity index (χ1n) is 4.09. The molecule has 0 bridgehead atoms. The van der Waals surface area contributed by atoms with Gasteiger partial charge in [0.05, 0.1) is 6.04 Å². The largest absolute Gasteiger partial charge is 0.508 e. The second-order valence-corrected chi connectivity index (χ2v) is 3.00. The Morgan fingerprint density at radius 3 is 2.92 bits per heavy atom. The van der Waals surface area contributed by atoms with Crippen molar-refractivity contribution in [3.63, 3.8) is 0 Å². The number of hydrogen-bond donors (Lipinski definition) is 3. The van der Waals surface area contributed by atoms with Crippen molar-refractivity contribution in [1.82, 2.24) is 10.6 Å². The first kappa shape index (κ1) is 7.91. The van der Waals surface area contributed by atoms with Crippen LogP contribution in [0, 0.1) is 0 Å². The second-order valence-electron chi connectivity index (χ2n) is 3.00. The number of carbonyl (C=O) groups is 1. The molecule has 1 atom stereocenters. The summed E-state index contributed by atoms with van der Waals surface area (Å²) in [6.45, 7) is 0.572. The van der Waals surface area contributed by atoms with Crippen molar-refractivity contribution in [3.05, 3.63) is 29.8 Å². The van der Waals surface area contributed by atoms with Crippen LogP contribution in [-0.2, 0) is 0 Å². The van der Waals surface area contributed by atoms with Gasteiger partial charge < -0.3 is 15.7 Å². The molecule has 2 rings (SSSR count). The predicted octanol–water partition coefficient (Wildman–Crippen LogP) is 0.746. The summed E-state index contributed by atoms with van der Waals surface area (Å²) in [5, 5.41) is 14.6. The molecular weight excluding hydrogens is 168 g/mol. The first-order valence-corrected chi connectivity index (χ1v) is 4.09. The smallest absolute Gasteiger partial charge is 0.315 e. The van der Waals surface area contributed by atoms with Gasteiger partial charge in [0.15, 0.2) is 0 Å². The Balaban J connectivity index is 2.21. The Bertz CT molecular complexity index is 338. The average molecular weight is 178 g/mol. The molecule has 1 aromatic rings. The lowest BCUT2D eigenvalue weighted by atomic mass is 10.1.